The maximum atomic E-state index is 10.2. The van der Waals surface area contributed by atoms with Crippen molar-refractivity contribution in [2.24, 2.45) is 0 Å². The van der Waals surface area contributed by atoms with Crippen LogP contribution in [0.4, 0.5) is 0 Å². The number of rotatable bonds is 4. The van der Waals surface area contributed by atoms with Crippen LogP contribution in [-0.2, 0) is 5.60 Å². The Bertz CT molecular complexity index is 326. The molecule has 82 valence electrons. The highest BCUT2D eigenvalue weighted by molar-refractivity contribution is 5.22. The van der Waals surface area contributed by atoms with Gasteiger partial charge in [0.15, 0.2) is 0 Å². The molecule has 1 rings (SSSR count). The van der Waals surface area contributed by atoms with E-state index in [4.69, 9.17) is 5.11 Å². The molecular weight excluding hydrogens is 188 g/mol. The first-order chi connectivity index (χ1) is 7.06. The van der Waals surface area contributed by atoms with E-state index < -0.39 is 5.60 Å². The minimum Gasteiger partial charge on any atom is -0.392 e. The first kappa shape index (κ1) is 12.0. The van der Waals surface area contributed by atoms with Crippen LogP contribution in [-0.4, -0.2) is 16.8 Å². The molecule has 2 nitrogen and oxygen atoms in total. The summed E-state index contributed by atoms with van der Waals surface area (Å²) in [5.41, 5.74) is 0.913. The first-order valence-electron chi connectivity index (χ1n) is 5.10. The van der Waals surface area contributed by atoms with E-state index in [2.05, 4.69) is 0 Å². The third-order valence-electron chi connectivity index (χ3n) is 2.49. The van der Waals surface area contributed by atoms with Gasteiger partial charge in [-0.25, -0.2) is 0 Å². The summed E-state index contributed by atoms with van der Waals surface area (Å²) in [6, 6.07) is 9.55. The SMILES string of the molecule is C/C(=C/CC(C)(O)c1ccccc1)CO. The van der Waals surface area contributed by atoms with Gasteiger partial charge in [-0.3, -0.25) is 0 Å². The van der Waals surface area contributed by atoms with Crippen LogP contribution in [0.3, 0.4) is 0 Å². The highest BCUT2D eigenvalue weighted by Gasteiger charge is 2.20. The van der Waals surface area contributed by atoms with Gasteiger partial charge in [0.05, 0.1) is 12.2 Å². The van der Waals surface area contributed by atoms with Crippen molar-refractivity contribution >= 4 is 0 Å². The number of benzene rings is 1. The summed E-state index contributed by atoms with van der Waals surface area (Å²) in [6.45, 7) is 3.68. The molecule has 0 aromatic heterocycles. The van der Waals surface area contributed by atoms with E-state index in [1.165, 1.54) is 0 Å². The molecule has 0 amide bonds. The molecule has 0 aliphatic carbocycles. The van der Waals surface area contributed by atoms with Crippen LogP contribution in [0.25, 0.3) is 0 Å². The first-order valence-corrected chi connectivity index (χ1v) is 5.10. The summed E-state index contributed by atoms with van der Waals surface area (Å²) < 4.78 is 0. The van der Waals surface area contributed by atoms with Crippen molar-refractivity contribution in [2.75, 3.05) is 6.61 Å². The molecule has 0 saturated carbocycles. The van der Waals surface area contributed by atoms with Crippen molar-refractivity contribution < 1.29 is 10.2 Å². The van der Waals surface area contributed by atoms with Crippen molar-refractivity contribution in [1.29, 1.82) is 0 Å². The summed E-state index contributed by atoms with van der Waals surface area (Å²) in [7, 11) is 0. The number of hydrogen-bond acceptors (Lipinski definition) is 2. The van der Waals surface area contributed by atoms with Gasteiger partial charge < -0.3 is 10.2 Å². The molecule has 0 saturated heterocycles. The molecule has 1 aromatic rings. The second-order valence-electron chi connectivity index (χ2n) is 4.05. The van der Waals surface area contributed by atoms with Gasteiger partial charge in [0, 0.05) is 0 Å². The van der Waals surface area contributed by atoms with Crippen molar-refractivity contribution in [1.82, 2.24) is 0 Å². The highest BCUT2D eigenvalue weighted by atomic mass is 16.3. The van der Waals surface area contributed by atoms with Crippen molar-refractivity contribution in [3.05, 3.63) is 47.5 Å². The molecule has 0 fully saturated rings. The van der Waals surface area contributed by atoms with Gasteiger partial charge in [-0.15, -0.1) is 0 Å². The third kappa shape index (κ3) is 3.50. The van der Waals surface area contributed by atoms with Gasteiger partial charge in [-0.05, 0) is 25.8 Å². The van der Waals surface area contributed by atoms with Crippen LogP contribution in [0.2, 0.25) is 0 Å². The Kier molecular flexibility index (Phi) is 4.06. The standard InChI is InChI=1S/C13H18O2/c1-11(10-14)8-9-13(2,15)12-6-4-3-5-7-12/h3-8,14-15H,9-10H2,1-2H3/b11-8-. The monoisotopic (exact) mass is 206 g/mol. The lowest BCUT2D eigenvalue weighted by molar-refractivity contribution is 0.0602. The van der Waals surface area contributed by atoms with Crippen LogP contribution >= 0.6 is 0 Å². The minimum atomic E-state index is -0.863. The molecule has 0 heterocycles. The second kappa shape index (κ2) is 5.10. The fraction of sp³-hybridized carbons (Fsp3) is 0.385. The van der Waals surface area contributed by atoms with Crippen LogP contribution in [0.5, 0.6) is 0 Å². The van der Waals surface area contributed by atoms with Gasteiger partial charge in [0.25, 0.3) is 0 Å². The molecule has 15 heavy (non-hydrogen) atoms. The van der Waals surface area contributed by atoms with Crippen LogP contribution in [0.1, 0.15) is 25.8 Å². The Morgan fingerprint density at radius 1 is 1.33 bits per heavy atom. The van der Waals surface area contributed by atoms with E-state index in [1.807, 2.05) is 43.3 Å². The fourth-order valence-corrected chi connectivity index (χ4v) is 1.35. The highest BCUT2D eigenvalue weighted by Crippen LogP contribution is 2.24. The Balaban J connectivity index is 2.76. The molecule has 2 heteroatoms. The lowest BCUT2D eigenvalue weighted by atomic mass is 9.92. The third-order valence-corrected chi connectivity index (χ3v) is 2.49. The molecule has 0 aliphatic rings. The van der Waals surface area contributed by atoms with E-state index in [0.717, 1.165) is 11.1 Å². The van der Waals surface area contributed by atoms with Gasteiger partial charge >= 0.3 is 0 Å². The summed E-state index contributed by atoms with van der Waals surface area (Å²) in [5.74, 6) is 0. The average Bonchev–Trinajstić information content (AvgIpc) is 2.27. The van der Waals surface area contributed by atoms with Crippen molar-refractivity contribution in [3.8, 4) is 0 Å². The molecular formula is C13H18O2. The van der Waals surface area contributed by atoms with Crippen molar-refractivity contribution in [2.45, 2.75) is 25.9 Å². The van der Waals surface area contributed by atoms with E-state index in [1.54, 1.807) is 6.92 Å². The maximum Gasteiger partial charge on any atom is 0.0902 e. The second-order valence-corrected chi connectivity index (χ2v) is 4.05. The average molecular weight is 206 g/mol. The van der Waals surface area contributed by atoms with E-state index in [0.29, 0.717) is 6.42 Å². The Morgan fingerprint density at radius 2 is 1.93 bits per heavy atom. The Labute approximate surface area is 90.9 Å². The summed E-state index contributed by atoms with van der Waals surface area (Å²) >= 11 is 0. The minimum absolute atomic E-state index is 0.0465. The molecule has 0 radical (unpaired) electrons. The van der Waals surface area contributed by atoms with Crippen LogP contribution in [0.15, 0.2) is 42.0 Å². The van der Waals surface area contributed by atoms with E-state index in [-0.39, 0.29) is 6.61 Å². The fourth-order valence-electron chi connectivity index (χ4n) is 1.35. The summed E-state index contributed by atoms with van der Waals surface area (Å²) in [5, 5.41) is 19.1. The zero-order valence-corrected chi connectivity index (χ0v) is 9.27. The van der Waals surface area contributed by atoms with E-state index >= 15 is 0 Å². The van der Waals surface area contributed by atoms with Gasteiger partial charge in [0.2, 0.25) is 0 Å². The number of hydrogen-bond donors (Lipinski definition) is 2. The smallest absolute Gasteiger partial charge is 0.0902 e. The Morgan fingerprint density at radius 3 is 2.47 bits per heavy atom. The normalized spacial score (nSPS) is 16.1. The lowest BCUT2D eigenvalue weighted by Gasteiger charge is -2.22. The number of aliphatic hydroxyl groups is 2. The zero-order chi connectivity index (χ0) is 11.3. The van der Waals surface area contributed by atoms with Crippen molar-refractivity contribution in [3.63, 3.8) is 0 Å². The molecule has 1 aromatic carbocycles. The molecule has 0 spiro atoms. The van der Waals surface area contributed by atoms with Gasteiger partial charge in [-0.2, -0.15) is 0 Å². The molecule has 0 aliphatic heterocycles. The largest absolute Gasteiger partial charge is 0.392 e. The molecule has 1 atom stereocenters. The predicted molar refractivity (Wildman–Crippen MR) is 61.5 cm³/mol. The number of aliphatic hydroxyl groups excluding tert-OH is 1. The topological polar surface area (TPSA) is 40.5 Å². The quantitative estimate of drug-likeness (QED) is 0.742. The summed E-state index contributed by atoms with van der Waals surface area (Å²) in [4.78, 5) is 0. The maximum absolute atomic E-state index is 10.2. The van der Waals surface area contributed by atoms with Crippen LogP contribution in [0, 0.1) is 0 Å². The van der Waals surface area contributed by atoms with Gasteiger partial charge in [-0.1, -0.05) is 42.0 Å². The van der Waals surface area contributed by atoms with E-state index in [9.17, 15) is 5.11 Å². The molecule has 0 bridgehead atoms. The molecule has 1 unspecified atom stereocenters. The zero-order valence-electron chi connectivity index (χ0n) is 9.27. The van der Waals surface area contributed by atoms with Gasteiger partial charge in [0.1, 0.15) is 0 Å². The summed E-state index contributed by atoms with van der Waals surface area (Å²) in [6.07, 6.45) is 2.39. The predicted octanol–water partition coefficient (Wildman–Crippen LogP) is 2.22. The Hall–Kier alpha value is -1.12. The lowest BCUT2D eigenvalue weighted by Crippen LogP contribution is -2.20. The van der Waals surface area contributed by atoms with Crippen LogP contribution < -0.4 is 0 Å². The molecule has 2 N–H and O–H groups in total.